The monoisotopic (exact) mass is 213 g/mol. The number of carboxylic acid groups (broad SMARTS) is 1. The Morgan fingerprint density at radius 1 is 1.47 bits per heavy atom. The van der Waals surface area contributed by atoms with E-state index in [1.165, 1.54) is 5.57 Å². The summed E-state index contributed by atoms with van der Waals surface area (Å²) in [5.41, 5.74) is 1.34. The SMILES string of the molecule is C/C=C(\C)CNCCCCC(C)C(=O)O. The van der Waals surface area contributed by atoms with Gasteiger partial charge >= 0.3 is 5.97 Å². The van der Waals surface area contributed by atoms with Gasteiger partial charge in [-0.05, 0) is 33.2 Å². The van der Waals surface area contributed by atoms with Gasteiger partial charge in [-0.2, -0.15) is 0 Å². The minimum Gasteiger partial charge on any atom is -0.481 e. The van der Waals surface area contributed by atoms with Gasteiger partial charge in [0.1, 0.15) is 0 Å². The van der Waals surface area contributed by atoms with Gasteiger partial charge in [0.25, 0.3) is 0 Å². The molecule has 0 heterocycles. The van der Waals surface area contributed by atoms with Crippen LogP contribution >= 0.6 is 0 Å². The van der Waals surface area contributed by atoms with Gasteiger partial charge in [-0.1, -0.05) is 25.0 Å². The van der Waals surface area contributed by atoms with E-state index in [1.54, 1.807) is 6.92 Å². The number of allylic oxidation sites excluding steroid dienone is 1. The number of unbranched alkanes of at least 4 members (excludes halogenated alkanes) is 1. The summed E-state index contributed by atoms with van der Waals surface area (Å²) in [6, 6.07) is 0. The lowest BCUT2D eigenvalue weighted by Gasteiger charge is -2.07. The predicted octanol–water partition coefficient (Wildman–Crippen LogP) is 2.43. The summed E-state index contributed by atoms with van der Waals surface area (Å²) in [6.45, 7) is 7.80. The van der Waals surface area contributed by atoms with E-state index in [4.69, 9.17) is 5.11 Å². The van der Waals surface area contributed by atoms with Gasteiger partial charge in [-0.3, -0.25) is 4.79 Å². The second-order valence-electron chi connectivity index (χ2n) is 4.05. The third kappa shape index (κ3) is 8.18. The summed E-state index contributed by atoms with van der Waals surface area (Å²) in [4.78, 5) is 10.5. The van der Waals surface area contributed by atoms with Crippen LogP contribution in [0.1, 0.15) is 40.0 Å². The average molecular weight is 213 g/mol. The molecule has 15 heavy (non-hydrogen) atoms. The fourth-order valence-corrected chi connectivity index (χ4v) is 1.21. The fourth-order valence-electron chi connectivity index (χ4n) is 1.21. The Bertz CT molecular complexity index is 212. The molecule has 3 nitrogen and oxygen atoms in total. The summed E-state index contributed by atoms with van der Waals surface area (Å²) in [5, 5.41) is 12.0. The quantitative estimate of drug-likeness (QED) is 0.481. The largest absolute Gasteiger partial charge is 0.481 e. The molecular formula is C12H23NO2. The molecule has 0 aromatic rings. The standard InChI is InChI=1S/C12H23NO2/c1-4-10(2)9-13-8-6-5-7-11(3)12(14)15/h4,11,13H,5-9H2,1-3H3,(H,14,15)/b10-4+. The van der Waals surface area contributed by atoms with E-state index < -0.39 is 5.97 Å². The highest BCUT2D eigenvalue weighted by molar-refractivity contribution is 5.69. The first kappa shape index (κ1) is 14.2. The number of carboxylic acids is 1. The highest BCUT2D eigenvalue weighted by Crippen LogP contribution is 2.06. The highest BCUT2D eigenvalue weighted by atomic mass is 16.4. The highest BCUT2D eigenvalue weighted by Gasteiger charge is 2.09. The first-order valence-electron chi connectivity index (χ1n) is 5.63. The first-order chi connectivity index (χ1) is 7.07. The molecule has 0 aliphatic carbocycles. The summed E-state index contributed by atoms with van der Waals surface area (Å²) < 4.78 is 0. The summed E-state index contributed by atoms with van der Waals surface area (Å²) >= 11 is 0. The topological polar surface area (TPSA) is 49.3 Å². The van der Waals surface area contributed by atoms with Crippen molar-refractivity contribution in [2.45, 2.75) is 40.0 Å². The number of nitrogens with one attached hydrogen (secondary N) is 1. The lowest BCUT2D eigenvalue weighted by atomic mass is 10.0. The molecule has 0 saturated heterocycles. The third-order valence-electron chi connectivity index (χ3n) is 2.56. The Labute approximate surface area is 92.6 Å². The first-order valence-corrected chi connectivity index (χ1v) is 5.63. The van der Waals surface area contributed by atoms with Gasteiger partial charge in [0.2, 0.25) is 0 Å². The normalized spacial score (nSPS) is 13.9. The average Bonchev–Trinajstić information content (AvgIpc) is 2.22. The van der Waals surface area contributed by atoms with Crippen molar-refractivity contribution < 1.29 is 9.90 Å². The smallest absolute Gasteiger partial charge is 0.306 e. The van der Waals surface area contributed by atoms with Crippen LogP contribution in [0, 0.1) is 5.92 Å². The molecule has 1 atom stereocenters. The maximum atomic E-state index is 10.5. The Morgan fingerprint density at radius 2 is 2.13 bits per heavy atom. The van der Waals surface area contributed by atoms with Crippen LogP contribution in [0.2, 0.25) is 0 Å². The van der Waals surface area contributed by atoms with Gasteiger partial charge in [-0.15, -0.1) is 0 Å². The van der Waals surface area contributed by atoms with Crippen LogP contribution in [0.15, 0.2) is 11.6 Å². The second kappa shape index (κ2) is 8.48. The van der Waals surface area contributed by atoms with E-state index in [1.807, 2.05) is 6.92 Å². The van der Waals surface area contributed by atoms with Crippen LogP contribution in [-0.4, -0.2) is 24.2 Å². The minimum atomic E-state index is -0.687. The Hall–Kier alpha value is -0.830. The number of hydrogen-bond donors (Lipinski definition) is 2. The molecule has 0 aromatic carbocycles. The fraction of sp³-hybridized carbons (Fsp3) is 0.750. The molecule has 0 aliphatic heterocycles. The van der Waals surface area contributed by atoms with Crippen LogP contribution in [-0.2, 0) is 4.79 Å². The molecule has 0 aromatic heterocycles. The molecule has 1 unspecified atom stereocenters. The lowest BCUT2D eigenvalue weighted by molar-refractivity contribution is -0.141. The van der Waals surface area contributed by atoms with Crippen LogP contribution < -0.4 is 5.32 Å². The van der Waals surface area contributed by atoms with Crippen molar-refractivity contribution in [2.24, 2.45) is 5.92 Å². The second-order valence-corrected chi connectivity index (χ2v) is 4.05. The summed E-state index contributed by atoms with van der Waals surface area (Å²) in [5.74, 6) is -0.894. The summed E-state index contributed by atoms with van der Waals surface area (Å²) in [7, 11) is 0. The van der Waals surface area contributed by atoms with Crippen molar-refractivity contribution in [3.8, 4) is 0 Å². The molecule has 0 radical (unpaired) electrons. The van der Waals surface area contributed by atoms with Gasteiger partial charge < -0.3 is 10.4 Å². The molecule has 0 amide bonds. The van der Waals surface area contributed by atoms with Crippen molar-refractivity contribution in [2.75, 3.05) is 13.1 Å². The van der Waals surface area contributed by atoms with Crippen LogP contribution in [0.25, 0.3) is 0 Å². The zero-order chi connectivity index (χ0) is 11.7. The van der Waals surface area contributed by atoms with Crippen molar-refractivity contribution in [3.63, 3.8) is 0 Å². The Morgan fingerprint density at radius 3 is 2.67 bits per heavy atom. The van der Waals surface area contributed by atoms with Gasteiger partial charge in [0.05, 0.1) is 5.92 Å². The van der Waals surface area contributed by atoms with Gasteiger partial charge in [0, 0.05) is 6.54 Å². The van der Waals surface area contributed by atoms with Crippen LogP contribution in [0.4, 0.5) is 0 Å². The van der Waals surface area contributed by atoms with Gasteiger partial charge in [0.15, 0.2) is 0 Å². The van der Waals surface area contributed by atoms with E-state index in [0.29, 0.717) is 0 Å². The van der Waals surface area contributed by atoms with E-state index in [0.717, 1.165) is 32.4 Å². The lowest BCUT2D eigenvalue weighted by Crippen LogP contribution is -2.18. The van der Waals surface area contributed by atoms with Crippen molar-refractivity contribution in [3.05, 3.63) is 11.6 Å². The van der Waals surface area contributed by atoms with E-state index in [2.05, 4.69) is 18.3 Å². The molecular weight excluding hydrogens is 190 g/mol. The number of aliphatic carboxylic acids is 1. The number of rotatable bonds is 8. The molecule has 3 heteroatoms. The number of carbonyl (C=O) groups is 1. The molecule has 88 valence electrons. The van der Waals surface area contributed by atoms with Crippen molar-refractivity contribution >= 4 is 5.97 Å². The van der Waals surface area contributed by atoms with Gasteiger partial charge in [-0.25, -0.2) is 0 Å². The third-order valence-corrected chi connectivity index (χ3v) is 2.56. The molecule has 0 aliphatic rings. The maximum Gasteiger partial charge on any atom is 0.306 e. The molecule has 0 fully saturated rings. The van der Waals surface area contributed by atoms with Crippen LogP contribution in [0.5, 0.6) is 0 Å². The number of hydrogen-bond acceptors (Lipinski definition) is 2. The van der Waals surface area contributed by atoms with Crippen molar-refractivity contribution in [1.29, 1.82) is 0 Å². The molecule has 2 N–H and O–H groups in total. The van der Waals surface area contributed by atoms with Crippen LogP contribution in [0.3, 0.4) is 0 Å². The maximum absolute atomic E-state index is 10.5. The Kier molecular flexibility index (Phi) is 8.01. The zero-order valence-corrected chi connectivity index (χ0v) is 10.0. The molecule has 0 saturated carbocycles. The predicted molar refractivity (Wildman–Crippen MR) is 63.0 cm³/mol. The molecule has 0 bridgehead atoms. The van der Waals surface area contributed by atoms with Crippen molar-refractivity contribution in [1.82, 2.24) is 5.32 Å². The van der Waals surface area contributed by atoms with E-state index >= 15 is 0 Å². The molecule has 0 rings (SSSR count). The zero-order valence-electron chi connectivity index (χ0n) is 10.0. The van der Waals surface area contributed by atoms with E-state index in [9.17, 15) is 4.79 Å². The van der Waals surface area contributed by atoms with E-state index in [-0.39, 0.29) is 5.92 Å². The summed E-state index contributed by atoms with van der Waals surface area (Å²) in [6.07, 6.45) is 4.91. The molecule has 0 spiro atoms. The minimum absolute atomic E-state index is 0.206. The Balaban J connectivity index is 3.29.